The molecule has 1 amide bonds. The van der Waals surface area contributed by atoms with Crippen LogP contribution >= 0.6 is 0 Å². The molecule has 0 radical (unpaired) electrons. The molecule has 0 saturated heterocycles. The van der Waals surface area contributed by atoms with Crippen LogP contribution in [0, 0.1) is 13.8 Å². The average molecular weight is 403 g/mol. The first-order chi connectivity index (χ1) is 13.3. The van der Waals surface area contributed by atoms with Crippen molar-refractivity contribution in [3.8, 4) is 0 Å². The van der Waals surface area contributed by atoms with Gasteiger partial charge in [-0.2, -0.15) is 4.31 Å². The highest BCUT2D eigenvalue weighted by Crippen LogP contribution is 2.17. The fraction of sp³-hybridized carbons (Fsp3) is 0.409. The molecule has 2 rings (SSSR count). The van der Waals surface area contributed by atoms with Gasteiger partial charge in [-0.05, 0) is 56.0 Å². The van der Waals surface area contributed by atoms with E-state index in [-0.39, 0.29) is 10.8 Å². The molecule has 28 heavy (non-hydrogen) atoms. The summed E-state index contributed by atoms with van der Waals surface area (Å²) in [6, 6.07) is 12.6. The molecule has 0 aromatic heterocycles. The molecular formula is C22H30N2O3S. The van der Waals surface area contributed by atoms with Crippen molar-refractivity contribution in [2.24, 2.45) is 0 Å². The lowest BCUT2D eigenvalue weighted by atomic mass is 10.0. The predicted molar refractivity (Wildman–Crippen MR) is 113 cm³/mol. The van der Waals surface area contributed by atoms with Gasteiger partial charge in [0.05, 0.1) is 4.90 Å². The van der Waals surface area contributed by atoms with Crippen molar-refractivity contribution >= 4 is 15.9 Å². The molecule has 2 aromatic carbocycles. The molecule has 0 fully saturated rings. The summed E-state index contributed by atoms with van der Waals surface area (Å²) in [5.41, 5.74) is 4.15. The lowest BCUT2D eigenvalue weighted by molar-refractivity contribution is 0.0953. The van der Waals surface area contributed by atoms with E-state index in [2.05, 4.69) is 37.4 Å². The summed E-state index contributed by atoms with van der Waals surface area (Å²) in [6.07, 6.45) is 1.72. The van der Waals surface area contributed by atoms with Gasteiger partial charge in [0.2, 0.25) is 10.0 Å². The van der Waals surface area contributed by atoms with E-state index in [0.717, 1.165) is 12.8 Å². The molecule has 0 spiro atoms. The van der Waals surface area contributed by atoms with Crippen molar-refractivity contribution in [2.45, 2.75) is 45.4 Å². The van der Waals surface area contributed by atoms with Crippen molar-refractivity contribution in [3.63, 3.8) is 0 Å². The summed E-state index contributed by atoms with van der Waals surface area (Å²) < 4.78 is 26.7. The summed E-state index contributed by atoms with van der Waals surface area (Å²) in [5.74, 6) is -0.253. The third-order valence-electron chi connectivity index (χ3n) is 4.85. The Bertz CT molecular complexity index is 919. The highest BCUT2D eigenvalue weighted by molar-refractivity contribution is 7.89. The van der Waals surface area contributed by atoms with Gasteiger partial charge in [0, 0.05) is 25.2 Å². The minimum atomic E-state index is -3.57. The Morgan fingerprint density at radius 2 is 1.75 bits per heavy atom. The van der Waals surface area contributed by atoms with E-state index >= 15 is 0 Å². The van der Waals surface area contributed by atoms with Crippen molar-refractivity contribution in [1.29, 1.82) is 0 Å². The second-order valence-electron chi connectivity index (χ2n) is 6.91. The number of carbonyl (C=O) groups excluding carboxylic acids is 1. The Kier molecular flexibility index (Phi) is 7.78. The first kappa shape index (κ1) is 22.1. The first-order valence-corrected chi connectivity index (χ1v) is 11.2. The van der Waals surface area contributed by atoms with Crippen LogP contribution in [0.1, 0.15) is 47.3 Å². The molecule has 5 nitrogen and oxygen atoms in total. The van der Waals surface area contributed by atoms with Crippen LogP contribution in [0.5, 0.6) is 0 Å². The number of rotatable bonds is 9. The van der Waals surface area contributed by atoms with Gasteiger partial charge < -0.3 is 5.32 Å². The largest absolute Gasteiger partial charge is 0.352 e. The molecular weight excluding hydrogens is 372 g/mol. The molecule has 152 valence electrons. The highest BCUT2D eigenvalue weighted by atomic mass is 32.2. The number of nitrogens with zero attached hydrogens (tertiary/aromatic N) is 1. The molecule has 6 heteroatoms. The number of sulfonamides is 1. The minimum Gasteiger partial charge on any atom is -0.352 e. The maximum Gasteiger partial charge on any atom is 0.251 e. The molecule has 0 bridgehead atoms. The SMILES string of the molecule is CCN(CC)S(=O)(=O)c1cccc(C(=O)NCCCc2ccc(C)cc2C)c1. The van der Waals surface area contributed by atoms with Gasteiger partial charge in [0.1, 0.15) is 0 Å². The van der Waals surface area contributed by atoms with E-state index in [0.29, 0.717) is 25.2 Å². The molecule has 2 aromatic rings. The van der Waals surface area contributed by atoms with Crippen LogP contribution in [0.3, 0.4) is 0 Å². The van der Waals surface area contributed by atoms with Crippen LogP contribution in [0.2, 0.25) is 0 Å². The van der Waals surface area contributed by atoms with Gasteiger partial charge in [0.15, 0.2) is 0 Å². The topological polar surface area (TPSA) is 66.5 Å². The van der Waals surface area contributed by atoms with Gasteiger partial charge >= 0.3 is 0 Å². The van der Waals surface area contributed by atoms with Gasteiger partial charge in [0.25, 0.3) is 5.91 Å². The zero-order valence-electron chi connectivity index (χ0n) is 17.2. The first-order valence-electron chi connectivity index (χ1n) is 9.74. The zero-order chi connectivity index (χ0) is 20.7. The van der Waals surface area contributed by atoms with E-state index in [4.69, 9.17) is 0 Å². The highest BCUT2D eigenvalue weighted by Gasteiger charge is 2.22. The van der Waals surface area contributed by atoms with Crippen LogP contribution in [-0.2, 0) is 16.4 Å². The summed E-state index contributed by atoms with van der Waals surface area (Å²) in [7, 11) is -3.57. The maximum atomic E-state index is 12.6. The Morgan fingerprint density at radius 1 is 1.04 bits per heavy atom. The van der Waals surface area contributed by atoms with Crippen molar-refractivity contribution in [2.75, 3.05) is 19.6 Å². The van der Waals surface area contributed by atoms with Crippen LogP contribution < -0.4 is 5.32 Å². The van der Waals surface area contributed by atoms with Gasteiger partial charge in [-0.25, -0.2) is 8.42 Å². The van der Waals surface area contributed by atoms with E-state index in [9.17, 15) is 13.2 Å². The summed E-state index contributed by atoms with van der Waals surface area (Å²) >= 11 is 0. The van der Waals surface area contributed by atoms with Gasteiger partial charge in [-0.15, -0.1) is 0 Å². The number of nitrogens with one attached hydrogen (secondary N) is 1. The van der Waals surface area contributed by atoms with Crippen LogP contribution in [-0.4, -0.2) is 38.3 Å². The molecule has 0 unspecified atom stereocenters. The fourth-order valence-corrected chi connectivity index (χ4v) is 4.72. The molecule has 0 saturated carbocycles. The normalized spacial score (nSPS) is 11.6. The minimum absolute atomic E-state index is 0.152. The molecule has 0 heterocycles. The van der Waals surface area contributed by atoms with Gasteiger partial charge in [-0.3, -0.25) is 4.79 Å². The van der Waals surface area contributed by atoms with E-state index in [1.54, 1.807) is 26.0 Å². The van der Waals surface area contributed by atoms with E-state index in [1.807, 2.05) is 0 Å². The average Bonchev–Trinajstić information content (AvgIpc) is 2.67. The van der Waals surface area contributed by atoms with Crippen molar-refractivity contribution < 1.29 is 13.2 Å². The second kappa shape index (κ2) is 9.85. The monoisotopic (exact) mass is 402 g/mol. The Labute approximate surface area is 168 Å². The summed E-state index contributed by atoms with van der Waals surface area (Å²) in [6.45, 7) is 9.11. The summed E-state index contributed by atoms with van der Waals surface area (Å²) in [5, 5.41) is 2.89. The van der Waals surface area contributed by atoms with Crippen molar-refractivity contribution in [3.05, 3.63) is 64.7 Å². The molecule has 1 N–H and O–H groups in total. The number of carbonyl (C=O) groups is 1. The lowest BCUT2D eigenvalue weighted by Crippen LogP contribution is -2.31. The number of hydrogen-bond donors (Lipinski definition) is 1. The second-order valence-corrected chi connectivity index (χ2v) is 8.84. The third-order valence-corrected chi connectivity index (χ3v) is 6.89. The number of benzene rings is 2. The molecule has 0 aliphatic heterocycles. The van der Waals surface area contributed by atoms with Gasteiger partial charge in [-0.1, -0.05) is 43.7 Å². The quantitative estimate of drug-likeness (QED) is 0.651. The predicted octanol–water partition coefficient (Wildman–Crippen LogP) is 3.70. The summed E-state index contributed by atoms with van der Waals surface area (Å²) in [4.78, 5) is 12.6. The smallest absolute Gasteiger partial charge is 0.251 e. The number of hydrogen-bond acceptors (Lipinski definition) is 3. The number of amides is 1. The number of aryl methyl sites for hydroxylation is 3. The van der Waals surface area contributed by atoms with E-state index in [1.165, 1.54) is 33.1 Å². The molecule has 0 atom stereocenters. The fourth-order valence-electron chi connectivity index (χ4n) is 3.22. The van der Waals surface area contributed by atoms with Crippen LogP contribution in [0.15, 0.2) is 47.4 Å². The Morgan fingerprint density at radius 3 is 2.39 bits per heavy atom. The van der Waals surface area contributed by atoms with Crippen molar-refractivity contribution in [1.82, 2.24) is 9.62 Å². The van der Waals surface area contributed by atoms with Crippen LogP contribution in [0.25, 0.3) is 0 Å². The lowest BCUT2D eigenvalue weighted by Gasteiger charge is -2.18. The standard InChI is InChI=1S/C22H30N2O3S/c1-5-24(6-2)28(26,27)21-11-7-9-20(16-21)22(25)23-14-8-10-19-13-12-17(3)15-18(19)4/h7,9,11-13,15-16H,5-6,8,10,14H2,1-4H3,(H,23,25). The molecule has 0 aliphatic rings. The maximum absolute atomic E-state index is 12.6. The van der Waals surface area contributed by atoms with E-state index < -0.39 is 10.0 Å². The Balaban J connectivity index is 1.97. The third kappa shape index (κ3) is 5.42. The van der Waals surface area contributed by atoms with Crippen LogP contribution in [0.4, 0.5) is 0 Å². The molecule has 0 aliphatic carbocycles. The Hall–Kier alpha value is -2.18. The zero-order valence-corrected chi connectivity index (χ0v) is 18.0.